The summed E-state index contributed by atoms with van der Waals surface area (Å²) in [5.41, 5.74) is 7.21. The fourth-order valence-electron chi connectivity index (χ4n) is 4.13. The summed E-state index contributed by atoms with van der Waals surface area (Å²) >= 11 is 0. The number of ether oxygens (including phenoxy) is 1. The van der Waals surface area contributed by atoms with E-state index in [-0.39, 0.29) is 18.9 Å². The van der Waals surface area contributed by atoms with Gasteiger partial charge in [-0.25, -0.2) is 4.79 Å². The summed E-state index contributed by atoms with van der Waals surface area (Å²) in [6.45, 7) is 11.9. The minimum absolute atomic E-state index is 0.0779. The van der Waals surface area contributed by atoms with Crippen LogP contribution in [-0.2, 0) is 36.7 Å². The molecule has 9 nitrogen and oxygen atoms in total. The van der Waals surface area contributed by atoms with Crippen molar-refractivity contribution in [2.24, 2.45) is 11.7 Å². The molecule has 2 atom stereocenters. The zero-order valence-electron chi connectivity index (χ0n) is 23.7. The van der Waals surface area contributed by atoms with E-state index < -0.39 is 48.3 Å². The van der Waals surface area contributed by atoms with Crippen LogP contribution in [0.15, 0.2) is 54.6 Å². The first kappa shape index (κ1) is 30.2. The van der Waals surface area contributed by atoms with Gasteiger partial charge in [-0.2, -0.15) is 0 Å². The number of nitrogens with one attached hydrogen (secondary N) is 2. The normalized spacial score (nSPS) is 17.4. The molecule has 0 spiro atoms. The highest BCUT2D eigenvalue weighted by molar-refractivity contribution is 6.62. The topological polar surface area (TPSA) is 129 Å². The number of benzene rings is 2. The fraction of sp³-hybridized carbons (Fsp3) is 0.483. The van der Waals surface area contributed by atoms with Crippen LogP contribution in [0.1, 0.15) is 59.1 Å². The van der Waals surface area contributed by atoms with Crippen LogP contribution in [0, 0.1) is 5.92 Å². The van der Waals surface area contributed by atoms with Crippen LogP contribution in [0.4, 0.5) is 4.79 Å². The van der Waals surface area contributed by atoms with Crippen LogP contribution in [0.25, 0.3) is 0 Å². The lowest BCUT2D eigenvalue weighted by molar-refractivity contribution is -0.128. The molecular weight excluding hydrogens is 497 g/mol. The molecule has 0 aromatic heterocycles. The third kappa shape index (κ3) is 8.31. The first-order valence-corrected chi connectivity index (χ1v) is 13.3. The zero-order chi connectivity index (χ0) is 28.8. The number of amides is 3. The van der Waals surface area contributed by atoms with Gasteiger partial charge in [-0.15, -0.1) is 0 Å². The van der Waals surface area contributed by atoms with Crippen LogP contribution in [-0.4, -0.2) is 48.3 Å². The standard InChI is InChI=1S/C29H40BN3O6/c1-19(2)16-24(33-27(36)37-18-21-10-8-7-9-11-21)26(35)32-23(25(31)34)17-20-12-14-22(15-13-20)30-38-28(3,4)29(5,6)39-30/h7-15,19,23-24H,16-18H2,1-6H3,(H2,31,34)(H,32,35)(H,33,36)/t23-,24-/m0/s1. The van der Waals surface area contributed by atoms with E-state index in [1.165, 1.54) is 0 Å². The lowest BCUT2D eigenvalue weighted by Gasteiger charge is -2.32. The average Bonchev–Trinajstić information content (AvgIpc) is 3.09. The molecule has 0 bridgehead atoms. The maximum atomic E-state index is 13.1. The summed E-state index contributed by atoms with van der Waals surface area (Å²) in [4.78, 5) is 37.8. The van der Waals surface area contributed by atoms with Crippen molar-refractivity contribution in [1.29, 1.82) is 0 Å². The molecule has 2 aromatic carbocycles. The van der Waals surface area contributed by atoms with E-state index in [2.05, 4.69) is 10.6 Å². The number of hydrogen-bond acceptors (Lipinski definition) is 6. The van der Waals surface area contributed by atoms with Gasteiger partial charge < -0.3 is 30.4 Å². The smallest absolute Gasteiger partial charge is 0.445 e. The SMILES string of the molecule is CC(C)C[C@H](NC(=O)OCc1ccccc1)C(=O)N[C@@H](Cc1ccc(B2OC(C)(C)C(C)(C)O2)cc1)C(N)=O. The summed E-state index contributed by atoms with van der Waals surface area (Å²) in [6, 6.07) is 14.9. The minimum atomic E-state index is -0.961. The number of nitrogens with two attached hydrogens (primary N) is 1. The second kappa shape index (κ2) is 12.7. The predicted molar refractivity (Wildman–Crippen MR) is 150 cm³/mol. The highest BCUT2D eigenvalue weighted by Crippen LogP contribution is 2.36. The maximum absolute atomic E-state index is 13.1. The number of carbonyl (C=O) groups excluding carboxylic acids is 3. The Balaban J connectivity index is 1.61. The van der Waals surface area contributed by atoms with Crippen molar-refractivity contribution in [1.82, 2.24) is 10.6 Å². The summed E-state index contributed by atoms with van der Waals surface area (Å²) in [5.74, 6) is -1.07. The van der Waals surface area contributed by atoms with E-state index >= 15 is 0 Å². The fourth-order valence-corrected chi connectivity index (χ4v) is 4.13. The highest BCUT2D eigenvalue weighted by atomic mass is 16.7. The Morgan fingerprint density at radius 2 is 1.46 bits per heavy atom. The van der Waals surface area contributed by atoms with Crippen molar-refractivity contribution >= 4 is 30.5 Å². The molecule has 10 heteroatoms. The quantitative estimate of drug-likeness (QED) is 0.378. The van der Waals surface area contributed by atoms with Crippen LogP contribution < -0.4 is 21.8 Å². The number of rotatable bonds is 11. The second-order valence-electron chi connectivity index (χ2n) is 11.4. The molecule has 2 aromatic rings. The molecule has 39 heavy (non-hydrogen) atoms. The van der Waals surface area contributed by atoms with Crippen molar-refractivity contribution in [2.45, 2.75) is 84.3 Å². The molecule has 210 valence electrons. The van der Waals surface area contributed by atoms with E-state index in [1.807, 2.05) is 96.1 Å². The Kier molecular flexibility index (Phi) is 9.80. The third-order valence-corrected chi connectivity index (χ3v) is 7.13. The average molecular weight is 537 g/mol. The molecule has 0 aliphatic carbocycles. The molecule has 1 heterocycles. The van der Waals surface area contributed by atoms with Crippen molar-refractivity contribution in [3.05, 3.63) is 65.7 Å². The third-order valence-electron chi connectivity index (χ3n) is 7.13. The Morgan fingerprint density at radius 1 is 0.872 bits per heavy atom. The first-order valence-electron chi connectivity index (χ1n) is 13.3. The minimum Gasteiger partial charge on any atom is -0.445 e. The Hall–Kier alpha value is -3.37. The number of alkyl carbamates (subject to hydrolysis) is 1. The van der Waals surface area contributed by atoms with Crippen LogP contribution >= 0.6 is 0 Å². The van der Waals surface area contributed by atoms with Crippen molar-refractivity contribution in [3.8, 4) is 0 Å². The van der Waals surface area contributed by atoms with Crippen molar-refractivity contribution in [3.63, 3.8) is 0 Å². The molecule has 1 aliphatic rings. The summed E-state index contributed by atoms with van der Waals surface area (Å²) in [5, 5.41) is 5.33. The molecule has 3 rings (SSSR count). The van der Waals surface area contributed by atoms with Crippen LogP contribution in [0.5, 0.6) is 0 Å². The molecule has 1 saturated heterocycles. The molecular formula is C29H40BN3O6. The van der Waals surface area contributed by atoms with Gasteiger partial charge in [0, 0.05) is 6.42 Å². The van der Waals surface area contributed by atoms with E-state index in [9.17, 15) is 14.4 Å². The van der Waals surface area contributed by atoms with E-state index in [0.717, 1.165) is 16.6 Å². The number of carbonyl (C=O) groups is 3. The van der Waals surface area contributed by atoms with Gasteiger partial charge in [0.1, 0.15) is 18.7 Å². The maximum Gasteiger partial charge on any atom is 0.494 e. The van der Waals surface area contributed by atoms with Gasteiger partial charge in [-0.05, 0) is 56.6 Å². The van der Waals surface area contributed by atoms with Gasteiger partial charge >= 0.3 is 13.2 Å². The van der Waals surface area contributed by atoms with Crippen molar-refractivity contribution in [2.75, 3.05) is 0 Å². The summed E-state index contributed by atoms with van der Waals surface area (Å²) in [6.07, 6.45) is -0.161. The monoisotopic (exact) mass is 537 g/mol. The number of primary amides is 1. The largest absolute Gasteiger partial charge is 0.494 e. The van der Waals surface area contributed by atoms with Crippen LogP contribution in [0.3, 0.4) is 0 Å². The summed E-state index contributed by atoms with van der Waals surface area (Å²) < 4.78 is 17.5. The predicted octanol–water partition coefficient (Wildman–Crippen LogP) is 2.84. The Labute approximate surface area is 231 Å². The van der Waals surface area contributed by atoms with Gasteiger partial charge in [0.05, 0.1) is 11.2 Å². The Bertz CT molecular complexity index is 1120. The van der Waals surface area contributed by atoms with Gasteiger partial charge in [-0.3, -0.25) is 9.59 Å². The van der Waals surface area contributed by atoms with Gasteiger partial charge in [0.25, 0.3) is 0 Å². The van der Waals surface area contributed by atoms with E-state index in [4.69, 9.17) is 19.8 Å². The first-order chi connectivity index (χ1) is 18.3. The molecule has 0 unspecified atom stereocenters. The Morgan fingerprint density at radius 3 is 2.00 bits per heavy atom. The van der Waals surface area contributed by atoms with E-state index in [0.29, 0.717) is 6.42 Å². The lowest BCUT2D eigenvalue weighted by Crippen LogP contribution is -2.54. The number of hydrogen-bond donors (Lipinski definition) is 3. The van der Waals surface area contributed by atoms with Gasteiger partial charge in [0.15, 0.2) is 0 Å². The van der Waals surface area contributed by atoms with Gasteiger partial charge in [-0.1, -0.05) is 68.4 Å². The lowest BCUT2D eigenvalue weighted by atomic mass is 9.78. The van der Waals surface area contributed by atoms with Crippen LogP contribution in [0.2, 0.25) is 0 Å². The molecule has 4 N–H and O–H groups in total. The van der Waals surface area contributed by atoms with Gasteiger partial charge in [0.2, 0.25) is 11.8 Å². The molecule has 3 amide bonds. The molecule has 0 radical (unpaired) electrons. The zero-order valence-corrected chi connectivity index (χ0v) is 23.7. The molecule has 1 aliphatic heterocycles. The summed E-state index contributed by atoms with van der Waals surface area (Å²) in [7, 11) is -0.500. The second-order valence-corrected chi connectivity index (χ2v) is 11.4. The highest BCUT2D eigenvalue weighted by Gasteiger charge is 2.51. The van der Waals surface area contributed by atoms with E-state index in [1.54, 1.807) is 0 Å². The van der Waals surface area contributed by atoms with Crippen molar-refractivity contribution < 1.29 is 28.4 Å². The molecule has 1 fully saturated rings. The molecule has 0 saturated carbocycles.